The van der Waals surface area contributed by atoms with Crippen molar-refractivity contribution in [3.8, 4) is 5.75 Å². The number of carbonyl (C=O) groups is 1. The summed E-state index contributed by atoms with van der Waals surface area (Å²) in [6.07, 6.45) is 3.71. The van der Waals surface area contributed by atoms with Gasteiger partial charge in [0.05, 0.1) is 10.5 Å². The van der Waals surface area contributed by atoms with Crippen molar-refractivity contribution in [2.75, 3.05) is 13.2 Å². The molecular weight excluding hydrogens is 329 g/mol. The fourth-order valence-electron chi connectivity index (χ4n) is 2.64. The number of nitrogens with zero attached hydrogens (tertiary/aromatic N) is 1. The molecular formula is C14H19ClFN3O4. The van der Waals surface area contributed by atoms with Crippen LogP contribution in [0.4, 0.5) is 10.1 Å². The van der Waals surface area contributed by atoms with Gasteiger partial charge in [0.25, 0.3) is 5.91 Å². The van der Waals surface area contributed by atoms with E-state index in [1.807, 2.05) is 0 Å². The van der Waals surface area contributed by atoms with E-state index in [9.17, 15) is 19.3 Å². The lowest BCUT2D eigenvalue weighted by Gasteiger charge is -2.28. The van der Waals surface area contributed by atoms with Crippen LogP contribution in [0.1, 0.15) is 25.7 Å². The number of halogens is 2. The Bertz CT molecular complexity index is 579. The Kier molecular flexibility index (Phi) is 6.71. The van der Waals surface area contributed by atoms with Gasteiger partial charge in [0.1, 0.15) is 5.75 Å². The number of amides is 1. The molecule has 7 nitrogen and oxygen atoms in total. The quantitative estimate of drug-likeness (QED) is 0.603. The molecule has 1 aliphatic carbocycles. The predicted octanol–water partition coefficient (Wildman–Crippen LogP) is 1.92. The van der Waals surface area contributed by atoms with Gasteiger partial charge in [-0.05, 0) is 18.9 Å². The molecule has 0 bridgehead atoms. The van der Waals surface area contributed by atoms with Gasteiger partial charge >= 0.3 is 5.69 Å². The topological polar surface area (TPSA) is 107 Å². The van der Waals surface area contributed by atoms with Gasteiger partial charge in [0.15, 0.2) is 6.61 Å². The van der Waals surface area contributed by atoms with Crippen molar-refractivity contribution in [3.05, 3.63) is 34.1 Å². The first-order valence-electron chi connectivity index (χ1n) is 7.04. The molecule has 0 heterocycles. The SMILES string of the molecule is Cl.NCC1(NC(=O)COc2ccc([N+](=O)[O-])c(F)c2)CCCC1. The Morgan fingerprint density at radius 2 is 2.09 bits per heavy atom. The third kappa shape index (κ3) is 4.77. The summed E-state index contributed by atoms with van der Waals surface area (Å²) in [6.45, 7) is 0.0733. The lowest BCUT2D eigenvalue weighted by Crippen LogP contribution is -2.52. The Labute approximate surface area is 138 Å². The summed E-state index contributed by atoms with van der Waals surface area (Å²) in [5.74, 6) is -1.28. The average molecular weight is 348 g/mol. The molecule has 2 rings (SSSR count). The molecule has 3 N–H and O–H groups in total. The molecule has 0 radical (unpaired) electrons. The lowest BCUT2D eigenvalue weighted by atomic mass is 9.98. The molecule has 1 amide bonds. The van der Waals surface area contributed by atoms with E-state index in [1.54, 1.807) is 0 Å². The van der Waals surface area contributed by atoms with E-state index >= 15 is 0 Å². The Morgan fingerprint density at radius 3 is 2.61 bits per heavy atom. The zero-order valence-electron chi connectivity index (χ0n) is 12.4. The van der Waals surface area contributed by atoms with Crippen LogP contribution in [0.5, 0.6) is 5.75 Å². The molecule has 0 atom stereocenters. The van der Waals surface area contributed by atoms with Crippen LogP contribution >= 0.6 is 12.4 Å². The molecule has 1 aromatic rings. The summed E-state index contributed by atoms with van der Waals surface area (Å²) >= 11 is 0. The van der Waals surface area contributed by atoms with Gasteiger partial charge in [-0.1, -0.05) is 12.8 Å². The standard InChI is InChI=1S/C14H18FN3O4.ClH/c15-11-7-10(3-4-12(11)18(20)21)22-8-13(19)17-14(9-16)5-1-2-6-14;/h3-4,7H,1-2,5-6,8-9,16H2,(H,17,19);1H. The van der Waals surface area contributed by atoms with Crippen molar-refractivity contribution in [2.45, 2.75) is 31.2 Å². The molecule has 1 aromatic carbocycles. The zero-order valence-corrected chi connectivity index (χ0v) is 13.2. The fourth-order valence-corrected chi connectivity index (χ4v) is 2.64. The second kappa shape index (κ2) is 8.07. The van der Waals surface area contributed by atoms with Gasteiger partial charge < -0.3 is 15.8 Å². The Morgan fingerprint density at radius 1 is 1.43 bits per heavy atom. The van der Waals surface area contributed by atoms with Crippen LogP contribution in [-0.2, 0) is 4.79 Å². The van der Waals surface area contributed by atoms with Crippen molar-refractivity contribution in [1.29, 1.82) is 0 Å². The molecule has 0 spiro atoms. The van der Waals surface area contributed by atoms with Crippen LogP contribution in [0.25, 0.3) is 0 Å². The smallest absolute Gasteiger partial charge is 0.305 e. The number of nitrogens with two attached hydrogens (primary N) is 1. The maximum Gasteiger partial charge on any atom is 0.305 e. The molecule has 9 heteroatoms. The normalized spacial score (nSPS) is 15.6. The highest BCUT2D eigenvalue weighted by molar-refractivity contribution is 5.85. The van der Waals surface area contributed by atoms with Crippen molar-refractivity contribution >= 4 is 24.0 Å². The van der Waals surface area contributed by atoms with Crippen LogP contribution in [-0.4, -0.2) is 29.5 Å². The maximum absolute atomic E-state index is 13.4. The second-order valence-electron chi connectivity index (χ2n) is 5.40. The minimum Gasteiger partial charge on any atom is -0.484 e. The first-order chi connectivity index (χ1) is 10.5. The number of ether oxygens (including phenoxy) is 1. The van der Waals surface area contributed by atoms with E-state index < -0.39 is 16.4 Å². The first-order valence-corrected chi connectivity index (χ1v) is 7.04. The molecule has 0 saturated heterocycles. The number of hydrogen-bond donors (Lipinski definition) is 2. The highest BCUT2D eigenvalue weighted by Crippen LogP contribution is 2.28. The number of nitrogens with one attached hydrogen (secondary N) is 1. The largest absolute Gasteiger partial charge is 0.484 e. The minimum atomic E-state index is -1.00. The van der Waals surface area contributed by atoms with Gasteiger partial charge in [-0.3, -0.25) is 14.9 Å². The Balaban J connectivity index is 0.00000264. The third-order valence-electron chi connectivity index (χ3n) is 3.84. The molecule has 0 aliphatic heterocycles. The molecule has 128 valence electrons. The number of hydrogen-bond acceptors (Lipinski definition) is 5. The van der Waals surface area contributed by atoms with E-state index in [2.05, 4.69) is 5.32 Å². The van der Waals surface area contributed by atoms with Gasteiger partial charge in [0, 0.05) is 18.7 Å². The minimum absolute atomic E-state index is 0. The number of nitro groups is 1. The summed E-state index contributed by atoms with van der Waals surface area (Å²) in [7, 11) is 0. The number of carbonyl (C=O) groups excluding carboxylic acids is 1. The molecule has 1 saturated carbocycles. The monoisotopic (exact) mass is 347 g/mol. The van der Waals surface area contributed by atoms with Crippen LogP contribution in [0.3, 0.4) is 0 Å². The third-order valence-corrected chi connectivity index (χ3v) is 3.84. The highest BCUT2D eigenvalue weighted by Gasteiger charge is 2.33. The summed E-state index contributed by atoms with van der Waals surface area (Å²) in [5, 5.41) is 13.4. The summed E-state index contributed by atoms with van der Waals surface area (Å²) in [4.78, 5) is 21.6. The van der Waals surface area contributed by atoms with E-state index in [1.165, 1.54) is 6.07 Å². The van der Waals surface area contributed by atoms with Gasteiger partial charge in [-0.2, -0.15) is 4.39 Å². The zero-order chi connectivity index (χ0) is 16.2. The van der Waals surface area contributed by atoms with Crippen molar-refractivity contribution < 1.29 is 18.8 Å². The lowest BCUT2D eigenvalue weighted by molar-refractivity contribution is -0.387. The average Bonchev–Trinajstić information content (AvgIpc) is 2.94. The maximum atomic E-state index is 13.4. The van der Waals surface area contributed by atoms with Crippen LogP contribution in [0.2, 0.25) is 0 Å². The fraction of sp³-hybridized carbons (Fsp3) is 0.500. The van der Waals surface area contributed by atoms with Crippen LogP contribution in [0, 0.1) is 15.9 Å². The van der Waals surface area contributed by atoms with E-state index in [-0.39, 0.29) is 36.2 Å². The van der Waals surface area contributed by atoms with E-state index in [0.717, 1.165) is 37.8 Å². The van der Waals surface area contributed by atoms with Gasteiger partial charge in [0.2, 0.25) is 5.82 Å². The van der Waals surface area contributed by atoms with Gasteiger partial charge in [-0.15, -0.1) is 12.4 Å². The number of rotatable bonds is 6. The predicted molar refractivity (Wildman–Crippen MR) is 84.2 cm³/mol. The summed E-state index contributed by atoms with van der Waals surface area (Å²) < 4.78 is 18.6. The Hall–Kier alpha value is -1.93. The molecule has 1 fully saturated rings. The van der Waals surface area contributed by atoms with Crippen LogP contribution in [0.15, 0.2) is 18.2 Å². The van der Waals surface area contributed by atoms with Crippen molar-refractivity contribution in [2.24, 2.45) is 5.73 Å². The van der Waals surface area contributed by atoms with Gasteiger partial charge in [-0.25, -0.2) is 0 Å². The molecule has 23 heavy (non-hydrogen) atoms. The molecule has 0 aromatic heterocycles. The molecule has 0 unspecified atom stereocenters. The first kappa shape index (κ1) is 19.1. The number of benzene rings is 1. The summed E-state index contributed by atoms with van der Waals surface area (Å²) in [6, 6.07) is 3.14. The van der Waals surface area contributed by atoms with Crippen molar-refractivity contribution in [3.63, 3.8) is 0 Å². The highest BCUT2D eigenvalue weighted by atomic mass is 35.5. The van der Waals surface area contributed by atoms with E-state index in [4.69, 9.17) is 10.5 Å². The van der Waals surface area contributed by atoms with Crippen molar-refractivity contribution in [1.82, 2.24) is 5.32 Å². The molecule has 1 aliphatic rings. The second-order valence-corrected chi connectivity index (χ2v) is 5.40. The van der Waals surface area contributed by atoms with Crippen LogP contribution < -0.4 is 15.8 Å². The summed E-state index contributed by atoms with van der Waals surface area (Å²) in [5.41, 5.74) is 4.71. The number of nitro benzene ring substituents is 1. The van der Waals surface area contributed by atoms with E-state index in [0.29, 0.717) is 6.54 Å².